The predicted octanol–water partition coefficient (Wildman–Crippen LogP) is 4.45. The van der Waals surface area contributed by atoms with Crippen LogP contribution in [0.4, 0.5) is 13.2 Å². The summed E-state index contributed by atoms with van der Waals surface area (Å²) >= 11 is 0. The summed E-state index contributed by atoms with van der Waals surface area (Å²) in [6.45, 7) is 0.459. The fourth-order valence-electron chi connectivity index (χ4n) is 4.91. The Balaban J connectivity index is 1.46. The van der Waals surface area contributed by atoms with E-state index in [0.29, 0.717) is 41.3 Å². The molecule has 1 aliphatic carbocycles. The monoisotopic (exact) mass is 521 g/mol. The quantitative estimate of drug-likeness (QED) is 0.390. The third-order valence-corrected chi connectivity index (χ3v) is 7.10. The maximum atomic E-state index is 13.7. The van der Waals surface area contributed by atoms with Gasteiger partial charge >= 0.3 is 6.18 Å². The van der Waals surface area contributed by atoms with Crippen LogP contribution in [0.1, 0.15) is 66.5 Å². The van der Waals surface area contributed by atoms with Crippen molar-refractivity contribution in [1.82, 2.24) is 29.3 Å². The van der Waals surface area contributed by atoms with Crippen molar-refractivity contribution in [2.75, 3.05) is 6.61 Å². The molecule has 1 saturated carbocycles. The van der Waals surface area contributed by atoms with Crippen molar-refractivity contribution in [3.8, 4) is 17.3 Å². The SMILES string of the molecule is Cn1c(C(F)(F)F)nc2c(-c3ccc(C#N)nc3)nc([C@@H]3CCO[C@@H](c4cnn(C5CC5)c4)C3)cc2c1=O. The molecule has 0 aromatic carbocycles. The number of ether oxygens (including phenoxy) is 1. The molecule has 12 heteroatoms. The van der Waals surface area contributed by atoms with E-state index in [0.717, 1.165) is 25.5 Å². The maximum absolute atomic E-state index is 13.7. The topological polar surface area (TPSA) is 112 Å². The molecule has 0 N–H and O–H groups in total. The number of nitriles is 1. The van der Waals surface area contributed by atoms with Crippen molar-refractivity contribution in [2.24, 2.45) is 7.05 Å². The largest absolute Gasteiger partial charge is 0.449 e. The molecule has 2 aliphatic rings. The molecule has 194 valence electrons. The zero-order valence-electron chi connectivity index (χ0n) is 20.3. The number of hydrogen-bond acceptors (Lipinski definition) is 7. The number of halogens is 3. The summed E-state index contributed by atoms with van der Waals surface area (Å²) in [5.74, 6) is -1.43. The molecule has 1 saturated heterocycles. The maximum Gasteiger partial charge on any atom is 0.449 e. The second-order valence-electron chi connectivity index (χ2n) is 9.70. The van der Waals surface area contributed by atoms with Crippen LogP contribution in [-0.2, 0) is 18.0 Å². The second kappa shape index (κ2) is 9.02. The lowest BCUT2D eigenvalue weighted by Crippen LogP contribution is -2.28. The van der Waals surface area contributed by atoms with E-state index >= 15 is 0 Å². The first-order valence-electron chi connectivity index (χ1n) is 12.2. The van der Waals surface area contributed by atoms with Crippen LogP contribution in [0.15, 0.2) is 41.6 Å². The van der Waals surface area contributed by atoms with Gasteiger partial charge in [0.15, 0.2) is 0 Å². The number of aromatic nitrogens is 6. The lowest BCUT2D eigenvalue weighted by Gasteiger charge is -2.29. The molecule has 1 aliphatic heterocycles. The molecule has 2 fully saturated rings. The Labute approximate surface area is 214 Å². The molecule has 0 bridgehead atoms. The molecule has 38 heavy (non-hydrogen) atoms. The molecule has 5 heterocycles. The highest BCUT2D eigenvalue weighted by Gasteiger charge is 2.37. The van der Waals surface area contributed by atoms with E-state index in [2.05, 4.69) is 15.1 Å². The molecule has 2 atom stereocenters. The molecule has 4 aromatic heterocycles. The van der Waals surface area contributed by atoms with Crippen LogP contribution in [0.3, 0.4) is 0 Å². The van der Waals surface area contributed by atoms with E-state index in [-0.39, 0.29) is 34.3 Å². The van der Waals surface area contributed by atoms with Gasteiger partial charge in [0.1, 0.15) is 17.3 Å². The highest BCUT2D eigenvalue weighted by atomic mass is 19.4. The Hall–Kier alpha value is -4.11. The fraction of sp³-hybridized carbons (Fsp3) is 0.385. The van der Waals surface area contributed by atoms with Gasteiger partial charge in [0.05, 0.1) is 29.4 Å². The van der Waals surface area contributed by atoms with Crippen LogP contribution >= 0.6 is 0 Å². The zero-order valence-corrected chi connectivity index (χ0v) is 20.3. The van der Waals surface area contributed by atoms with Gasteiger partial charge in [-0.1, -0.05) is 0 Å². The summed E-state index contributed by atoms with van der Waals surface area (Å²) in [6.07, 6.45) is 3.56. The van der Waals surface area contributed by atoms with E-state index in [9.17, 15) is 18.0 Å². The minimum Gasteiger partial charge on any atom is -0.373 e. The lowest BCUT2D eigenvalue weighted by atomic mass is 9.89. The molecule has 6 rings (SSSR count). The standard InChI is InChI=1S/C26H22F3N7O2/c1-35-24(37)19-9-20(14-6-7-38-21(8-14)16-12-32-36(13-16)18-4-5-18)33-22(15-2-3-17(10-30)31-11-15)23(19)34-25(35)26(27,28)29/h2-3,9,11-14,18,21H,4-8H2,1H3/t14-,21-/m1/s1. The number of pyridine rings is 2. The minimum absolute atomic E-state index is 0.0365. The average Bonchev–Trinajstić information content (AvgIpc) is 3.65. The molecule has 0 amide bonds. The smallest absolute Gasteiger partial charge is 0.373 e. The van der Waals surface area contributed by atoms with Gasteiger partial charge < -0.3 is 4.74 Å². The number of alkyl halides is 3. The van der Waals surface area contributed by atoms with E-state index in [1.165, 1.54) is 12.3 Å². The Kier molecular flexibility index (Phi) is 5.75. The molecule has 0 spiro atoms. The van der Waals surface area contributed by atoms with Gasteiger partial charge in [-0.3, -0.25) is 19.0 Å². The molecule has 0 radical (unpaired) electrons. The van der Waals surface area contributed by atoms with Crippen molar-refractivity contribution in [3.05, 3.63) is 69.9 Å². The Morgan fingerprint density at radius 2 is 1.97 bits per heavy atom. The third kappa shape index (κ3) is 4.32. The summed E-state index contributed by atoms with van der Waals surface area (Å²) in [6, 6.07) is 6.90. The summed E-state index contributed by atoms with van der Waals surface area (Å²) in [7, 11) is 1.06. The summed E-state index contributed by atoms with van der Waals surface area (Å²) in [5, 5.41) is 13.6. The van der Waals surface area contributed by atoms with Crippen molar-refractivity contribution >= 4 is 10.9 Å². The predicted molar refractivity (Wildman–Crippen MR) is 129 cm³/mol. The summed E-state index contributed by atoms with van der Waals surface area (Å²) in [5.41, 5.74) is 1.17. The number of rotatable bonds is 4. The van der Waals surface area contributed by atoms with E-state index in [1.807, 2.05) is 23.1 Å². The summed E-state index contributed by atoms with van der Waals surface area (Å²) < 4.78 is 49.6. The first-order valence-corrected chi connectivity index (χ1v) is 12.2. The number of fused-ring (bicyclic) bond motifs is 1. The second-order valence-corrected chi connectivity index (χ2v) is 9.70. The fourth-order valence-corrected chi connectivity index (χ4v) is 4.91. The van der Waals surface area contributed by atoms with Crippen molar-refractivity contribution in [1.29, 1.82) is 5.26 Å². The summed E-state index contributed by atoms with van der Waals surface area (Å²) in [4.78, 5) is 25.8. The van der Waals surface area contributed by atoms with E-state index < -0.39 is 17.6 Å². The van der Waals surface area contributed by atoms with Crippen LogP contribution in [0.2, 0.25) is 0 Å². The normalized spacial score (nSPS) is 20.0. The zero-order chi connectivity index (χ0) is 26.6. The highest BCUT2D eigenvalue weighted by Crippen LogP contribution is 2.40. The molecule has 9 nitrogen and oxygen atoms in total. The first-order chi connectivity index (χ1) is 18.2. The van der Waals surface area contributed by atoms with Gasteiger partial charge in [0, 0.05) is 48.8 Å². The minimum atomic E-state index is -4.83. The Morgan fingerprint density at radius 3 is 2.66 bits per heavy atom. The van der Waals surface area contributed by atoms with Crippen LogP contribution in [0, 0.1) is 11.3 Å². The van der Waals surface area contributed by atoms with Crippen LogP contribution in [-0.4, -0.2) is 35.9 Å². The van der Waals surface area contributed by atoms with Gasteiger partial charge in [-0.05, 0) is 43.9 Å². The highest BCUT2D eigenvalue weighted by molar-refractivity contribution is 5.91. The molecule has 0 unspecified atom stereocenters. The van der Waals surface area contributed by atoms with E-state index in [1.54, 1.807) is 12.1 Å². The van der Waals surface area contributed by atoms with Crippen molar-refractivity contribution in [2.45, 2.75) is 49.9 Å². The van der Waals surface area contributed by atoms with Crippen molar-refractivity contribution < 1.29 is 17.9 Å². The van der Waals surface area contributed by atoms with Crippen LogP contribution in [0.5, 0.6) is 0 Å². The number of nitrogens with zero attached hydrogens (tertiary/aromatic N) is 7. The van der Waals surface area contributed by atoms with E-state index in [4.69, 9.17) is 15.0 Å². The molecular weight excluding hydrogens is 499 g/mol. The van der Waals surface area contributed by atoms with Crippen LogP contribution < -0.4 is 5.56 Å². The van der Waals surface area contributed by atoms with Crippen molar-refractivity contribution in [3.63, 3.8) is 0 Å². The van der Waals surface area contributed by atoms with Gasteiger partial charge in [-0.2, -0.15) is 23.5 Å². The van der Waals surface area contributed by atoms with Gasteiger partial charge in [0.2, 0.25) is 5.82 Å². The number of hydrogen-bond donors (Lipinski definition) is 0. The Morgan fingerprint density at radius 1 is 1.16 bits per heavy atom. The third-order valence-electron chi connectivity index (χ3n) is 7.10. The van der Waals surface area contributed by atoms with Gasteiger partial charge in [-0.25, -0.2) is 9.97 Å². The lowest BCUT2D eigenvalue weighted by molar-refractivity contribution is -0.147. The average molecular weight is 522 g/mol. The van der Waals surface area contributed by atoms with Gasteiger partial charge in [0.25, 0.3) is 5.56 Å². The van der Waals surface area contributed by atoms with Crippen LogP contribution in [0.25, 0.3) is 22.2 Å². The molecular formula is C26H22F3N7O2. The van der Waals surface area contributed by atoms with Gasteiger partial charge in [-0.15, -0.1) is 0 Å². The molecule has 4 aromatic rings. The first kappa shape index (κ1) is 24.2. The Bertz CT molecular complexity index is 1630.